The van der Waals surface area contributed by atoms with Crippen LogP contribution in [0.2, 0.25) is 0 Å². The van der Waals surface area contributed by atoms with Gasteiger partial charge in [0.25, 0.3) is 0 Å². The lowest BCUT2D eigenvalue weighted by molar-refractivity contribution is 0.283. The van der Waals surface area contributed by atoms with Gasteiger partial charge >= 0.3 is 0 Å². The summed E-state index contributed by atoms with van der Waals surface area (Å²) in [7, 11) is 0. The summed E-state index contributed by atoms with van der Waals surface area (Å²) in [5.41, 5.74) is 0.869. The van der Waals surface area contributed by atoms with Gasteiger partial charge in [-0.3, -0.25) is 0 Å². The van der Waals surface area contributed by atoms with Crippen LogP contribution in [0, 0.1) is 0 Å². The van der Waals surface area contributed by atoms with E-state index in [-0.39, 0.29) is 12.4 Å². The van der Waals surface area contributed by atoms with Crippen molar-refractivity contribution in [2.75, 3.05) is 0 Å². The average Bonchev–Trinajstić information content (AvgIpc) is 2.64. The number of hydrogen-bond donors (Lipinski definition) is 2. The molecular formula is C21H16O3. The monoisotopic (exact) mass is 316 g/mol. The summed E-state index contributed by atoms with van der Waals surface area (Å²) in [5.74, 6) is 1.64. The van der Waals surface area contributed by atoms with Crippen LogP contribution in [0.4, 0.5) is 0 Å². The Morgan fingerprint density at radius 3 is 1.83 bits per heavy atom. The van der Waals surface area contributed by atoms with Gasteiger partial charge < -0.3 is 14.9 Å². The van der Waals surface area contributed by atoms with Gasteiger partial charge in [-0.1, -0.05) is 54.6 Å². The van der Waals surface area contributed by atoms with Gasteiger partial charge in [-0.15, -0.1) is 0 Å². The second-order valence-electron chi connectivity index (χ2n) is 5.66. The first kappa shape index (κ1) is 14.5. The molecule has 0 aliphatic heterocycles. The van der Waals surface area contributed by atoms with E-state index in [0.717, 1.165) is 32.9 Å². The molecule has 0 fully saturated rings. The SMILES string of the molecule is OCc1ccc(Oc2ccc(O)c3ccccc23)c2ccccc12. The fourth-order valence-electron chi connectivity index (χ4n) is 3.02. The van der Waals surface area contributed by atoms with Crippen LogP contribution in [0.15, 0.2) is 72.8 Å². The average molecular weight is 316 g/mol. The second-order valence-corrected chi connectivity index (χ2v) is 5.66. The molecule has 2 N–H and O–H groups in total. The molecule has 0 amide bonds. The van der Waals surface area contributed by atoms with Gasteiger partial charge in [-0.2, -0.15) is 0 Å². The maximum atomic E-state index is 10.0. The van der Waals surface area contributed by atoms with Crippen LogP contribution in [-0.4, -0.2) is 10.2 Å². The van der Waals surface area contributed by atoms with Crippen molar-refractivity contribution >= 4 is 21.5 Å². The number of fused-ring (bicyclic) bond motifs is 2. The van der Waals surface area contributed by atoms with Crippen molar-refractivity contribution in [2.24, 2.45) is 0 Å². The molecule has 0 aromatic heterocycles. The normalized spacial score (nSPS) is 11.0. The van der Waals surface area contributed by atoms with Crippen LogP contribution in [0.5, 0.6) is 17.2 Å². The lowest BCUT2D eigenvalue weighted by Crippen LogP contribution is -1.91. The Bertz CT molecular complexity index is 1040. The largest absolute Gasteiger partial charge is 0.507 e. The summed E-state index contributed by atoms with van der Waals surface area (Å²) < 4.78 is 6.17. The topological polar surface area (TPSA) is 49.7 Å². The number of phenols is 1. The second kappa shape index (κ2) is 5.87. The Kier molecular flexibility index (Phi) is 3.56. The van der Waals surface area contributed by atoms with E-state index in [2.05, 4.69) is 0 Å². The third-order valence-electron chi connectivity index (χ3n) is 4.23. The molecule has 3 nitrogen and oxygen atoms in total. The lowest BCUT2D eigenvalue weighted by Gasteiger charge is -2.13. The van der Waals surface area contributed by atoms with Crippen molar-refractivity contribution in [3.63, 3.8) is 0 Å². The minimum absolute atomic E-state index is 0.0110. The summed E-state index contributed by atoms with van der Waals surface area (Å²) in [6, 6.07) is 22.6. The number of benzene rings is 4. The maximum Gasteiger partial charge on any atom is 0.135 e. The predicted octanol–water partition coefficient (Wildman–Crippen LogP) is 4.98. The van der Waals surface area contributed by atoms with Gasteiger partial charge in [0, 0.05) is 16.2 Å². The van der Waals surface area contributed by atoms with Crippen molar-refractivity contribution in [3.8, 4) is 17.2 Å². The standard InChI is InChI=1S/C21H16O3/c22-13-14-9-11-20(17-7-3-1-5-15(14)17)24-21-12-10-19(23)16-6-2-4-8-18(16)21/h1-12,22-23H,13H2. The maximum absolute atomic E-state index is 10.0. The molecular weight excluding hydrogens is 300 g/mol. The number of phenolic OH excluding ortho intramolecular Hbond substituents is 1. The third-order valence-corrected chi connectivity index (χ3v) is 4.23. The van der Waals surface area contributed by atoms with E-state index >= 15 is 0 Å². The van der Waals surface area contributed by atoms with E-state index in [1.54, 1.807) is 12.1 Å². The molecule has 4 rings (SSSR count). The predicted molar refractivity (Wildman–Crippen MR) is 95.6 cm³/mol. The molecule has 0 heterocycles. The molecule has 0 aliphatic carbocycles. The molecule has 4 aromatic rings. The molecule has 118 valence electrons. The van der Waals surface area contributed by atoms with Crippen molar-refractivity contribution in [1.29, 1.82) is 0 Å². The number of hydrogen-bond acceptors (Lipinski definition) is 3. The highest BCUT2D eigenvalue weighted by Gasteiger charge is 2.10. The highest BCUT2D eigenvalue weighted by Crippen LogP contribution is 2.37. The highest BCUT2D eigenvalue weighted by molar-refractivity contribution is 5.95. The van der Waals surface area contributed by atoms with Crippen LogP contribution in [0.25, 0.3) is 21.5 Å². The lowest BCUT2D eigenvalue weighted by atomic mass is 10.0. The molecule has 0 radical (unpaired) electrons. The molecule has 0 spiro atoms. The van der Waals surface area contributed by atoms with Crippen LogP contribution in [0.3, 0.4) is 0 Å². The number of ether oxygens (including phenoxy) is 1. The van der Waals surface area contributed by atoms with Crippen LogP contribution in [-0.2, 0) is 6.61 Å². The van der Waals surface area contributed by atoms with Gasteiger partial charge in [0.1, 0.15) is 17.2 Å². The highest BCUT2D eigenvalue weighted by atomic mass is 16.5. The van der Waals surface area contributed by atoms with E-state index in [0.29, 0.717) is 5.75 Å². The van der Waals surface area contributed by atoms with Crippen molar-refractivity contribution in [1.82, 2.24) is 0 Å². The van der Waals surface area contributed by atoms with Crippen molar-refractivity contribution < 1.29 is 14.9 Å². The first-order valence-corrected chi connectivity index (χ1v) is 7.78. The number of aliphatic hydroxyl groups excluding tert-OH is 1. The molecule has 0 saturated heterocycles. The minimum atomic E-state index is -0.0110. The van der Waals surface area contributed by atoms with E-state index < -0.39 is 0 Å². The summed E-state index contributed by atoms with van der Waals surface area (Å²) >= 11 is 0. The zero-order chi connectivity index (χ0) is 16.5. The van der Waals surface area contributed by atoms with Gasteiger partial charge in [0.15, 0.2) is 0 Å². The van der Waals surface area contributed by atoms with Crippen molar-refractivity contribution in [2.45, 2.75) is 6.61 Å². The van der Waals surface area contributed by atoms with Crippen LogP contribution < -0.4 is 4.74 Å². The molecule has 0 bridgehead atoms. The van der Waals surface area contributed by atoms with Gasteiger partial charge in [-0.25, -0.2) is 0 Å². The fourth-order valence-corrected chi connectivity index (χ4v) is 3.02. The smallest absolute Gasteiger partial charge is 0.135 e. The minimum Gasteiger partial charge on any atom is -0.507 e. The van der Waals surface area contributed by atoms with E-state index in [4.69, 9.17) is 4.74 Å². The molecule has 0 atom stereocenters. The Morgan fingerprint density at radius 1 is 0.625 bits per heavy atom. The van der Waals surface area contributed by atoms with Crippen LogP contribution >= 0.6 is 0 Å². The third kappa shape index (κ3) is 2.36. The zero-order valence-corrected chi connectivity index (χ0v) is 12.9. The summed E-state index contributed by atoms with van der Waals surface area (Å²) in [6.45, 7) is -0.0110. The number of aromatic hydroxyl groups is 1. The molecule has 4 aromatic carbocycles. The quantitative estimate of drug-likeness (QED) is 0.560. The zero-order valence-electron chi connectivity index (χ0n) is 12.9. The number of aliphatic hydroxyl groups is 1. The van der Waals surface area contributed by atoms with E-state index in [9.17, 15) is 10.2 Å². The Balaban J connectivity index is 1.88. The Labute approximate surface area is 139 Å². The van der Waals surface area contributed by atoms with E-state index in [1.807, 2.05) is 60.7 Å². The van der Waals surface area contributed by atoms with Gasteiger partial charge in [0.2, 0.25) is 0 Å². The first-order chi connectivity index (χ1) is 11.8. The first-order valence-electron chi connectivity index (χ1n) is 7.78. The van der Waals surface area contributed by atoms with Crippen LogP contribution in [0.1, 0.15) is 5.56 Å². The molecule has 0 aliphatic rings. The summed E-state index contributed by atoms with van der Waals surface area (Å²) in [5, 5.41) is 23.1. The summed E-state index contributed by atoms with van der Waals surface area (Å²) in [6.07, 6.45) is 0. The Morgan fingerprint density at radius 2 is 1.17 bits per heavy atom. The fraction of sp³-hybridized carbons (Fsp3) is 0.0476. The van der Waals surface area contributed by atoms with E-state index in [1.165, 1.54) is 0 Å². The van der Waals surface area contributed by atoms with Gasteiger partial charge in [0.05, 0.1) is 6.61 Å². The summed E-state index contributed by atoms with van der Waals surface area (Å²) in [4.78, 5) is 0. The molecule has 24 heavy (non-hydrogen) atoms. The Hall–Kier alpha value is -3.04. The van der Waals surface area contributed by atoms with Crippen molar-refractivity contribution in [3.05, 3.63) is 78.4 Å². The molecule has 3 heteroatoms. The number of rotatable bonds is 3. The molecule has 0 saturated carbocycles. The van der Waals surface area contributed by atoms with Gasteiger partial charge in [-0.05, 0) is 29.1 Å². The molecule has 0 unspecified atom stereocenters.